The molecule has 0 spiro atoms. The van der Waals surface area contributed by atoms with Gasteiger partial charge < -0.3 is 14.5 Å². The van der Waals surface area contributed by atoms with Gasteiger partial charge in [-0.05, 0) is 66.2 Å². The Balaban J connectivity index is 1.46. The van der Waals surface area contributed by atoms with Gasteiger partial charge in [-0.2, -0.15) is 5.10 Å². The van der Waals surface area contributed by atoms with Crippen molar-refractivity contribution in [2.45, 2.75) is 5.16 Å². The van der Waals surface area contributed by atoms with Crippen molar-refractivity contribution in [3.63, 3.8) is 0 Å². The highest BCUT2D eigenvalue weighted by Gasteiger charge is 2.16. The van der Waals surface area contributed by atoms with Crippen molar-refractivity contribution >= 4 is 29.6 Å². The number of imidazole rings is 1. The van der Waals surface area contributed by atoms with E-state index in [9.17, 15) is 14.9 Å². The standard InChI is InChI=1S/C26H23N5O5S/c1-35-21-11-5-18(6-12-21)24-25(19-7-13-22(36-2)14-8-19)29-26(28-24)37-16-23(32)30-27-15-17-3-9-20(10-4-17)31(33)34/h3-15H,16H2,1-2H3,(H,28,29)(H,30,32). The topological polar surface area (TPSA) is 132 Å². The molecule has 1 amide bonds. The molecule has 4 aromatic rings. The highest BCUT2D eigenvalue weighted by atomic mass is 32.2. The fourth-order valence-corrected chi connectivity index (χ4v) is 4.03. The monoisotopic (exact) mass is 517 g/mol. The smallest absolute Gasteiger partial charge is 0.269 e. The quantitative estimate of drug-likeness (QED) is 0.132. The molecule has 0 aliphatic rings. The third-order valence-electron chi connectivity index (χ3n) is 5.27. The van der Waals surface area contributed by atoms with Gasteiger partial charge in [-0.15, -0.1) is 0 Å². The molecule has 0 aliphatic heterocycles. The number of non-ortho nitro benzene ring substituents is 1. The SMILES string of the molecule is COc1ccc(-c2nc(SCC(=O)NN=Cc3ccc([N+](=O)[O-])cc3)[nH]c2-c2ccc(OC)cc2)cc1. The summed E-state index contributed by atoms with van der Waals surface area (Å²) in [4.78, 5) is 30.6. The lowest BCUT2D eigenvalue weighted by Crippen LogP contribution is -2.19. The first kappa shape index (κ1) is 25.5. The molecule has 0 saturated carbocycles. The predicted octanol–water partition coefficient (Wildman–Crippen LogP) is 4.91. The fraction of sp³-hybridized carbons (Fsp3) is 0.115. The van der Waals surface area contributed by atoms with Gasteiger partial charge in [0.2, 0.25) is 0 Å². The summed E-state index contributed by atoms with van der Waals surface area (Å²) in [6.45, 7) is 0. The van der Waals surface area contributed by atoms with Crippen molar-refractivity contribution in [3.05, 3.63) is 88.5 Å². The molecule has 1 aromatic heterocycles. The summed E-state index contributed by atoms with van der Waals surface area (Å²) < 4.78 is 10.5. The lowest BCUT2D eigenvalue weighted by atomic mass is 10.0. The minimum absolute atomic E-state index is 0.0148. The lowest BCUT2D eigenvalue weighted by Gasteiger charge is -2.06. The molecule has 4 rings (SSSR count). The molecule has 2 N–H and O–H groups in total. The number of nitrogens with one attached hydrogen (secondary N) is 2. The zero-order chi connectivity index (χ0) is 26.2. The molecule has 11 heteroatoms. The lowest BCUT2D eigenvalue weighted by molar-refractivity contribution is -0.384. The maximum atomic E-state index is 12.3. The number of hydrazone groups is 1. The first-order chi connectivity index (χ1) is 18.0. The van der Waals surface area contributed by atoms with Crippen LogP contribution in [0.3, 0.4) is 0 Å². The highest BCUT2D eigenvalue weighted by Crippen LogP contribution is 2.34. The molecule has 188 valence electrons. The number of rotatable bonds is 10. The Labute approximate surface area is 216 Å². The number of amides is 1. The van der Waals surface area contributed by atoms with Crippen molar-refractivity contribution < 1.29 is 19.2 Å². The summed E-state index contributed by atoms with van der Waals surface area (Å²) in [5.41, 5.74) is 6.43. The van der Waals surface area contributed by atoms with Crippen molar-refractivity contribution in [2.24, 2.45) is 5.10 Å². The second-order valence-corrected chi connectivity index (χ2v) is 8.62. The van der Waals surface area contributed by atoms with Gasteiger partial charge in [0.15, 0.2) is 5.16 Å². The molecule has 1 heterocycles. The van der Waals surface area contributed by atoms with Gasteiger partial charge in [0, 0.05) is 23.3 Å². The van der Waals surface area contributed by atoms with Crippen LogP contribution >= 0.6 is 11.8 Å². The van der Waals surface area contributed by atoms with Gasteiger partial charge in [0.25, 0.3) is 11.6 Å². The van der Waals surface area contributed by atoms with Crippen LogP contribution in [0.1, 0.15) is 5.56 Å². The number of ether oxygens (including phenoxy) is 2. The maximum absolute atomic E-state index is 12.3. The Bertz CT molecular complexity index is 1340. The van der Waals surface area contributed by atoms with E-state index in [4.69, 9.17) is 14.5 Å². The van der Waals surface area contributed by atoms with Crippen LogP contribution in [0, 0.1) is 10.1 Å². The van der Waals surface area contributed by atoms with Crippen LogP contribution in [0.5, 0.6) is 11.5 Å². The zero-order valence-electron chi connectivity index (χ0n) is 20.0. The number of carbonyl (C=O) groups excluding carboxylic acids is 1. The van der Waals surface area contributed by atoms with Crippen molar-refractivity contribution in [1.29, 1.82) is 0 Å². The average Bonchev–Trinajstić information content (AvgIpc) is 3.36. The van der Waals surface area contributed by atoms with E-state index >= 15 is 0 Å². The highest BCUT2D eigenvalue weighted by molar-refractivity contribution is 7.99. The minimum Gasteiger partial charge on any atom is -0.497 e. The minimum atomic E-state index is -0.478. The van der Waals surface area contributed by atoms with E-state index in [1.165, 1.54) is 30.1 Å². The molecule has 0 unspecified atom stereocenters. The number of methoxy groups -OCH3 is 2. The summed E-state index contributed by atoms with van der Waals surface area (Å²) in [5, 5.41) is 15.2. The van der Waals surface area contributed by atoms with Gasteiger partial charge in [-0.3, -0.25) is 14.9 Å². The molecular weight excluding hydrogens is 494 g/mol. The second kappa shape index (κ2) is 11.9. The van der Waals surface area contributed by atoms with E-state index in [1.807, 2.05) is 48.5 Å². The third kappa shape index (κ3) is 6.53. The van der Waals surface area contributed by atoms with Crippen LogP contribution in [0.25, 0.3) is 22.5 Å². The van der Waals surface area contributed by atoms with Gasteiger partial charge in [-0.25, -0.2) is 10.4 Å². The number of aromatic nitrogens is 2. The number of nitro benzene ring substituents is 1. The number of nitro groups is 1. The van der Waals surface area contributed by atoms with Crippen LogP contribution in [-0.4, -0.2) is 47.0 Å². The van der Waals surface area contributed by atoms with Crippen LogP contribution < -0.4 is 14.9 Å². The number of aromatic amines is 1. The number of hydrogen-bond donors (Lipinski definition) is 2. The van der Waals surface area contributed by atoms with E-state index in [-0.39, 0.29) is 17.3 Å². The van der Waals surface area contributed by atoms with Crippen LogP contribution in [0.15, 0.2) is 83.1 Å². The Morgan fingerprint density at radius 2 is 1.59 bits per heavy atom. The fourth-order valence-electron chi connectivity index (χ4n) is 3.37. The van der Waals surface area contributed by atoms with E-state index in [0.29, 0.717) is 10.7 Å². The first-order valence-electron chi connectivity index (χ1n) is 11.0. The van der Waals surface area contributed by atoms with E-state index in [2.05, 4.69) is 15.5 Å². The molecule has 10 nitrogen and oxygen atoms in total. The summed E-state index contributed by atoms with van der Waals surface area (Å²) in [6.07, 6.45) is 1.42. The molecule has 0 bridgehead atoms. The van der Waals surface area contributed by atoms with Gasteiger partial charge >= 0.3 is 0 Å². The Morgan fingerprint density at radius 3 is 2.16 bits per heavy atom. The number of nitrogens with zero attached hydrogens (tertiary/aromatic N) is 3. The van der Waals surface area contributed by atoms with Crippen molar-refractivity contribution in [1.82, 2.24) is 15.4 Å². The normalized spacial score (nSPS) is 10.9. The van der Waals surface area contributed by atoms with Crippen molar-refractivity contribution in [2.75, 3.05) is 20.0 Å². The molecule has 0 atom stereocenters. The van der Waals surface area contributed by atoms with Gasteiger partial charge in [0.1, 0.15) is 11.5 Å². The van der Waals surface area contributed by atoms with E-state index < -0.39 is 4.92 Å². The third-order valence-corrected chi connectivity index (χ3v) is 6.14. The molecule has 0 saturated heterocycles. The predicted molar refractivity (Wildman–Crippen MR) is 142 cm³/mol. The maximum Gasteiger partial charge on any atom is 0.269 e. The summed E-state index contributed by atoms with van der Waals surface area (Å²) in [7, 11) is 3.23. The summed E-state index contributed by atoms with van der Waals surface area (Å²) in [5.74, 6) is 1.24. The molecule has 37 heavy (non-hydrogen) atoms. The summed E-state index contributed by atoms with van der Waals surface area (Å²) >= 11 is 1.24. The Hall–Kier alpha value is -4.64. The Morgan fingerprint density at radius 1 is 1.00 bits per heavy atom. The van der Waals surface area contributed by atoms with E-state index in [0.717, 1.165) is 34.0 Å². The number of thioether (sulfide) groups is 1. The Kier molecular flexibility index (Phi) is 8.16. The number of carbonyl (C=O) groups is 1. The largest absolute Gasteiger partial charge is 0.497 e. The molecule has 0 fully saturated rings. The van der Waals surface area contributed by atoms with Gasteiger partial charge in [-0.1, -0.05) is 11.8 Å². The van der Waals surface area contributed by atoms with Gasteiger partial charge in [0.05, 0.1) is 42.5 Å². The first-order valence-corrected chi connectivity index (χ1v) is 12.0. The van der Waals surface area contributed by atoms with Crippen LogP contribution in [0.4, 0.5) is 5.69 Å². The van der Waals surface area contributed by atoms with Crippen molar-refractivity contribution in [3.8, 4) is 34.0 Å². The van der Waals surface area contributed by atoms with Crippen LogP contribution in [-0.2, 0) is 4.79 Å². The molecular formula is C26H23N5O5S. The number of benzene rings is 3. The average molecular weight is 518 g/mol. The number of H-pyrrole nitrogens is 1. The molecule has 3 aromatic carbocycles. The number of hydrogen-bond acceptors (Lipinski definition) is 8. The molecule has 0 radical (unpaired) electrons. The summed E-state index contributed by atoms with van der Waals surface area (Å²) in [6, 6.07) is 21.0. The zero-order valence-corrected chi connectivity index (χ0v) is 20.8. The second-order valence-electron chi connectivity index (χ2n) is 7.65. The van der Waals surface area contributed by atoms with Crippen LogP contribution in [0.2, 0.25) is 0 Å². The van der Waals surface area contributed by atoms with E-state index in [1.54, 1.807) is 26.4 Å². The molecule has 0 aliphatic carbocycles.